The number of nitrogens with zero attached hydrogens (tertiary/aromatic N) is 3. The van der Waals surface area contributed by atoms with Gasteiger partial charge in [-0.2, -0.15) is 5.10 Å². The normalized spacial score (nSPS) is 16.0. The zero-order chi connectivity index (χ0) is 19.7. The molecular formula is C21H22N4O3. The first-order chi connectivity index (χ1) is 13.4. The Morgan fingerprint density at radius 2 is 2.14 bits per heavy atom. The van der Waals surface area contributed by atoms with Crippen LogP contribution in [0.25, 0.3) is 16.7 Å². The van der Waals surface area contributed by atoms with Gasteiger partial charge in [-0.1, -0.05) is 19.9 Å². The Labute approximate surface area is 162 Å². The molecule has 0 spiro atoms. The number of fused-ring (bicyclic) bond motifs is 1. The van der Waals surface area contributed by atoms with Crippen LogP contribution >= 0.6 is 0 Å². The highest BCUT2D eigenvalue weighted by Gasteiger charge is 2.24. The van der Waals surface area contributed by atoms with E-state index in [0.29, 0.717) is 16.8 Å². The molecule has 0 atom stereocenters. The van der Waals surface area contributed by atoms with Crippen LogP contribution in [-0.2, 0) is 11.3 Å². The van der Waals surface area contributed by atoms with Crippen molar-refractivity contribution in [2.75, 3.05) is 5.32 Å². The highest BCUT2D eigenvalue weighted by atomic mass is 16.3. The van der Waals surface area contributed by atoms with E-state index < -0.39 is 0 Å². The van der Waals surface area contributed by atoms with Gasteiger partial charge in [0.1, 0.15) is 12.1 Å². The van der Waals surface area contributed by atoms with Crippen LogP contribution in [0.3, 0.4) is 0 Å². The fourth-order valence-corrected chi connectivity index (χ4v) is 3.51. The molecule has 0 saturated carbocycles. The van der Waals surface area contributed by atoms with E-state index in [-0.39, 0.29) is 23.4 Å². The molecule has 1 amide bonds. The SMILES string of the molecule is CC1(C)CCC=C(c2ccc(=O)n(CC(=O)Nc3ccc4ocnc4c3)n2)C1. The van der Waals surface area contributed by atoms with Crippen molar-refractivity contribution in [1.29, 1.82) is 0 Å². The monoisotopic (exact) mass is 378 g/mol. The van der Waals surface area contributed by atoms with E-state index in [1.54, 1.807) is 24.3 Å². The lowest BCUT2D eigenvalue weighted by Crippen LogP contribution is -2.30. The Kier molecular flexibility index (Phi) is 4.58. The topological polar surface area (TPSA) is 90.0 Å². The number of benzene rings is 1. The van der Waals surface area contributed by atoms with Gasteiger partial charge in [-0.25, -0.2) is 9.67 Å². The molecule has 7 heteroatoms. The number of rotatable bonds is 4. The smallest absolute Gasteiger partial charge is 0.267 e. The van der Waals surface area contributed by atoms with Crippen LogP contribution in [-0.4, -0.2) is 20.7 Å². The quantitative estimate of drug-likeness (QED) is 0.749. The molecule has 4 rings (SSSR count). The largest absolute Gasteiger partial charge is 0.443 e. The van der Waals surface area contributed by atoms with E-state index in [2.05, 4.69) is 35.3 Å². The van der Waals surface area contributed by atoms with Crippen LogP contribution in [0.15, 0.2) is 52.0 Å². The minimum atomic E-state index is -0.326. The fraction of sp³-hybridized carbons (Fsp3) is 0.333. The number of hydrogen-bond donors (Lipinski definition) is 1. The van der Waals surface area contributed by atoms with Gasteiger partial charge in [0.15, 0.2) is 12.0 Å². The molecule has 0 unspecified atom stereocenters. The lowest BCUT2D eigenvalue weighted by Gasteiger charge is -2.29. The molecule has 2 aromatic heterocycles. The summed E-state index contributed by atoms with van der Waals surface area (Å²) in [5.74, 6) is -0.326. The summed E-state index contributed by atoms with van der Waals surface area (Å²) in [5, 5.41) is 7.21. The summed E-state index contributed by atoms with van der Waals surface area (Å²) in [6.45, 7) is 4.31. The Balaban J connectivity index is 1.51. The lowest BCUT2D eigenvalue weighted by atomic mass is 9.76. The molecule has 1 aromatic carbocycles. The van der Waals surface area contributed by atoms with Crippen LogP contribution in [0, 0.1) is 5.41 Å². The molecule has 144 valence electrons. The van der Waals surface area contributed by atoms with Crippen molar-refractivity contribution < 1.29 is 9.21 Å². The van der Waals surface area contributed by atoms with Crippen LogP contribution in [0.2, 0.25) is 0 Å². The van der Waals surface area contributed by atoms with Gasteiger partial charge in [0.2, 0.25) is 5.91 Å². The third-order valence-electron chi connectivity index (χ3n) is 4.98. The molecular weight excluding hydrogens is 356 g/mol. The first-order valence-corrected chi connectivity index (χ1v) is 9.30. The van der Waals surface area contributed by atoms with Crippen molar-refractivity contribution in [3.63, 3.8) is 0 Å². The number of anilines is 1. The van der Waals surface area contributed by atoms with Gasteiger partial charge >= 0.3 is 0 Å². The fourth-order valence-electron chi connectivity index (χ4n) is 3.51. The van der Waals surface area contributed by atoms with Gasteiger partial charge in [-0.15, -0.1) is 0 Å². The first-order valence-electron chi connectivity index (χ1n) is 9.30. The van der Waals surface area contributed by atoms with Crippen molar-refractivity contribution in [2.24, 2.45) is 5.41 Å². The molecule has 0 saturated heterocycles. The Bertz CT molecular complexity index is 1120. The van der Waals surface area contributed by atoms with E-state index in [0.717, 1.165) is 30.5 Å². The second kappa shape index (κ2) is 7.07. The maximum absolute atomic E-state index is 12.4. The lowest BCUT2D eigenvalue weighted by molar-refractivity contribution is -0.117. The van der Waals surface area contributed by atoms with E-state index in [1.165, 1.54) is 17.1 Å². The van der Waals surface area contributed by atoms with E-state index in [1.807, 2.05) is 0 Å². The highest BCUT2D eigenvalue weighted by Crippen LogP contribution is 2.38. The van der Waals surface area contributed by atoms with Gasteiger partial charge in [-0.05, 0) is 54.5 Å². The number of carbonyl (C=O) groups excluding carboxylic acids is 1. The van der Waals surface area contributed by atoms with Gasteiger partial charge in [0, 0.05) is 11.8 Å². The maximum Gasteiger partial charge on any atom is 0.267 e. The Morgan fingerprint density at radius 3 is 2.96 bits per heavy atom. The van der Waals surface area contributed by atoms with E-state index >= 15 is 0 Å². The van der Waals surface area contributed by atoms with Crippen molar-refractivity contribution in [1.82, 2.24) is 14.8 Å². The number of hydrogen-bond acceptors (Lipinski definition) is 5. The highest BCUT2D eigenvalue weighted by molar-refractivity contribution is 5.92. The summed E-state index contributed by atoms with van der Waals surface area (Å²) in [7, 11) is 0. The molecule has 2 heterocycles. The van der Waals surface area contributed by atoms with Crippen LogP contribution < -0.4 is 10.9 Å². The average Bonchev–Trinajstić information content (AvgIpc) is 3.10. The second-order valence-corrected chi connectivity index (χ2v) is 7.91. The third-order valence-corrected chi connectivity index (χ3v) is 4.98. The van der Waals surface area contributed by atoms with E-state index in [4.69, 9.17) is 4.42 Å². The van der Waals surface area contributed by atoms with Crippen molar-refractivity contribution >= 4 is 28.3 Å². The van der Waals surface area contributed by atoms with Crippen molar-refractivity contribution in [3.05, 3.63) is 58.8 Å². The molecule has 0 aliphatic heterocycles. The molecule has 1 aliphatic rings. The molecule has 28 heavy (non-hydrogen) atoms. The van der Waals surface area contributed by atoms with Crippen LogP contribution in [0.4, 0.5) is 5.69 Å². The molecule has 0 bridgehead atoms. The van der Waals surface area contributed by atoms with Crippen LogP contribution in [0.5, 0.6) is 0 Å². The molecule has 0 radical (unpaired) electrons. The standard InChI is InChI=1S/C21H22N4O3/c1-21(2)9-3-4-14(11-21)16-6-8-20(27)25(24-16)12-19(26)23-15-5-7-18-17(10-15)22-13-28-18/h4-8,10,13H,3,9,11-12H2,1-2H3,(H,23,26). The predicted molar refractivity (Wildman–Crippen MR) is 107 cm³/mol. The zero-order valence-corrected chi connectivity index (χ0v) is 15.9. The summed E-state index contributed by atoms with van der Waals surface area (Å²) in [6.07, 6.45) is 6.56. The number of amides is 1. The number of oxazole rings is 1. The number of aromatic nitrogens is 3. The second-order valence-electron chi connectivity index (χ2n) is 7.91. The molecule has 7 nitrogen and oxygen atoms in total. The van der Waals surface area contributed by atoms with E-state index in [9.17, 15) is 9.59 Å². The first kappa shape index (κ1) is 18.2. The summed E-state index contributed by atoms with van der Waals surface area (Å²) in [6, 6.07) is 8.40. The number of allylic oxidation sites excluding steroid dienone is 2. The average molecular weight is 378 g/mol. The van der Waals surface area contributed by atoms with Gasteiger partial charge in [-0.3, -0.25) is 9.59 Å². The molecule has 3 aromatic rings. The predicted octanol–water partition coefficient (Wildman–Crippen LogP) is 3.62. The van der Waals surface area contributed by atoms with Crippen molar-refractivity contribution in [2.45, 2.75) is 39.7 Å². The Morgan fingerprint density at radius 1 is 1.29 bits per heavy atom. The number of carbonyl (C=O) groups is 1. The summed E-state index contributed by atoms with van der Waals surface area (Å²) >= 11 is 0. The minimum Gasteiger partial charge on any atom is -0.443 e. The maximum atomic E-state index is 12.4. The van der Waals surface area contributed by atoms with Gasteiger partial charge in [0.25, 0.3) is 5.56 Å². The van der Waals surface area contributed by atoms with Gasteiger partial charge in [0.05, 0.1) is 5.69 Å². The minimum absolute atomic E-state index is 0.153. The number of nitrogens with one attached hydrogen (secondary N) is 1. The summed E-state index contributed by atoms with van der Waals surface area (Å²) in [5.41, 5.74) is 3.68. The molecule has 1 N–H and O–H groups in total. The summed E-state index contributed by atoms with van der Waals surface area (Å²) in [4.78, 5) is 28.7. The Hall–Kier alpha value is -3.22. The van der Waals surface area contributed by atoms with Gasteiger partial charge < -0.3 is 9.73 Å². The molecule has 0 fully saturated rings. The summed E-state index contributed by atoms with van der Waals surface area (Å²) < 4.78 is 6.40. The van der Waals surface area contributed by atoms with Crippen LogP contribution in [0.1, 0.15) is 38.8 Å². The van der Waals surface area contributed by atoms with Crippen molar-refractivity contribution in [3.8, 4) is 0 Å². The third kappa shape index (κ3) is 3.88. The zero-order valence-electron chi connectivity index (χ0n) is 15.9. The molecule has 1 aliphatic carbocycles.